The Morgan fingerprint density at radius 2 is 2.09 bits per heavy atom. The number of carboxylic acid groups (broad SMARTS) is 1. The fourth-order valence-corrected chi connectivity index (χ4v) is 2.08. The molecule has 0 radical (unpaired) electrons. The Kier molecular flexibility index (Phi) is 6.56. The van der Waals surface area contributed by atoms with Crippen LogP contribution in [0.5, 0.6) is 0 Å². The van der Waals surface area contributed by atoms with Crippen molar-refractivity contribution in [3.05, 3.63) is 11.9 Å². The van der Waals surface area contributed by atoms with Crippen molar-refractivity contribution in [3.63, 3.8) is 0 Å². The van der Waals surface area contributed by atoms with E-state index in [1.165, 1.54) is 0 Å². The highest BCUT2D eigenvalue weighted by Gasteiger charge is 2.30. The quantitative estimate of drug-likeness (QED) is 0.581. The van der Waals surface area contributed by atoms with Crippen LogP contribution in [0.15, 0.2) is 6.20 Å². The molecule has 1 rings (SSSR count). The number of hydrogen-bond acceptors (Lipinski definition) is 4. The van der Waals surface area contributed by atoms with E-state index in [0.29, 0.717) is 5.69 Å². The second-order valence-corrected chi connectivity index (χ2v) is 6.06. The zero-order chi connectivity index (χ0) is 17.6. The van der Waals surface area contributed by atoms with Gasteiger partial charge in [-0.3, -0.25) is 4.68 Å². The fourth-order valence-electron chi connectivity index (χ4n) is 2.08. The summed E-state index contributed by atoms with van der Waals surface area (Å²) in [4.78, 5) is 22.7. The van der Waals surface area contributed by atoms with Gasteiger partial charge >= 0.3 is 12.0 Å². The number of aliphatic carboxylic acids is 1. The number of anilines is 1. The summed E-state index contributed by atoms with van der Waals surface area (Å²) >= 11 is 0. The molecule has 2 amide bonds. The predicted molar refractivity (Wildman–Crippen MR) is 86.5 cm³/mol. The van der Waals surface area contributed by atoms with Crippen molar-refractivity contribution in [1.29, 1.82) is 0 Å². The van der Waals surface area contributed by atoms with Crippen LogP contribution >= 0.6 is 0 Å². The van der Waals surface area contributed by atoms with Gasteiger partial charge in [0.15, 0.2) is 5.60 Å². The van der Waals surface area contributed by atoms with Crippen LogP contribution in [0.1, 0.15) is 52.1 Å². The number of aryl methyl sites for hydroxylation is 1. The lowest BCUT2D eigenvalue weighted by molar-refractivity contribution is -0.155. The summed E-state index contributed by atoms with van der Waals surface area (Å²) in [7, 11) is 0. The predicted octanol–water partition coefficient (Wildman–Crippen LogP) is 1.76. The molecule has 0 saturated heterocycles. The molecule has 0 fully saturated rings. The molecule has 130 valence electrons. The maximum absolute atomic E-state index is 11.9. The van der Waals surface area contributed by atoms with Crippen LogP contribution < -0.4 is 10.6 Å². The summed E-state index contributed by atoms with van der Waals surface area (Å²) in [6, 6.07) is -0.580. The van der Waals surface area contributed by atoms with Crippen molar-refractivity contribution in [1.82, 2.24) is 15.1 Å². The Morgan fingerprint density at radius 1 is 1.43 bits per heavy atom. The summed E-state index contributed by atoms with van der Waals surface area (Å²) in [5.41, 5.74) is -0.508. The number of aliphatic hydroxyl groups is 1. The zero-order valence-corrected chi connectivity index (χ0v) is 14.1. The van der Waals surface area contributed by atoms with Crippen molar-refractivity contribution >= 4 is 17.7 Å². The third-order valence-electron chi connectivity index (χ3n) is 3.45. The SMILES string of the molecule is CCCCn1ncc(NC(=O)NCC(C)(O)C(=O)O)c1C(C)C. The lowest BCUT2D eigenvalue weighted by atomic mass is 10.1. The van der Waals surface area contributed by atoms with Crippen molar-refractivity contribution in [3.8, 4) is 0 Å². The molecule has 23 heavy (non-hydrogen) atoms. The second-order valence-electron chi connectivity index (χ2n) is 6.06. The van der Waals surface area contributed by atoms with Gasteiger partial charge < -0.3 is 20.8 Å². The molecule has 0 saturated carbocycles. The molecule has 8 nitrogen and oxygen atoms in total. The fraction of sp³-hybridized carbons (Fsp3) is 0.667. The molecule has 1 aromatic rings. The number of unbranched alkanes of at least 4 members (excludes halogenated alkanes) is 1. The van der Waals surface area contributed by atoms with Gasteiger partial charge in [-0.05, 0) is 19.3 Å². The molecule has 1 heterocycles. The smallest absolute Gasteiger partial charge is 0.337 e. The minimum Gasteiger partial charge on any atom is -0.479 e. The highest BCUT2D eigenvalue weighted by atomic mass is 16.4. The minimum atomic E-state index is -2.01. The van der Waals surface area contributed by atoms with Crippen LogP contribution in [0.4, 0.5) is 10.5 Å². The number of rotatable bonds is 8. The largest absolute Gasteiger partial charge is 0.479 e. The van der Waals surface area contributed by atoms with E-state index in [1.54, 1.807) is 6.20 Å². The number of carboxylic acids is 1. The molecule has 1 unspecified atom stereocenters. The minimum absolute atomic E-state index is 0.173. The molecule has 0 aromatic carbocycles. The topological polar surface area (TPSA) is 116 Å². The van der Waals surface area contributed by atoms with E-state index < -0.39 is 24.1 Å². The Hall–Kier alpha value is -2.09. The van der Waals surface area contributed by atoms with Gasteiger partial charge in [-0.2, -0.15) is 5.10 Å². The Balaban J connectivity index is 2.74. The number of hydrogen-bond donors (Lipinski definition) is 4. The number of urea groups is 1. The van der Waals surface area contributed by atoms with Gasteiger partial charge in [0.05, 0.1) is 24.1 Å². The van der Waals surface area contributed by atoms with Gasteiger partial charge in [0.1, 0.15) is 0 Å². The first-order valence-corrected chi connectivity index (χ1v) is 7.75. The molecule has 0 bridgehead atoms. The molecule has 0 aliphatic carbocycles. The number of nitrogens with one attached hydrogen (secondary N) is 2. The summed E-state index contributed by atoms with van der Waals surface area (Å²) in [5.74, 6) is -1.22. The van der Waals surface area contributed by atoms with Gasteiger partial charge in [0, 0.05) is 6.54 Å². The summed E-state index contributed by atoms with van der Waals surface area (Å²) in [6.45, 7) is 7.63. The third kappa shape index (κ3) is 5.24. The normalized spacial score (nSPS) is 13.7. The van der Waals surface area contributed by atoms with E-state index in [2.05, 4.69) is 22.7 Å². The van der Waals surface area contributed by atoms with Crippen molar-refractivity contribution < 1.29 is 19.8 Å². The van der Waals surface area contributed by atoms with Gasteiger partial charge in [-0.25, -0.2) is 9.59 Å². The van der Waals surface area contributed by atoms with Crippen LogP contribution in [-0.4, -0.2) is 44.1 Å². The van der Waals surface area contributed by atoms with Crippen molar-refractivity contribution in [2.45, 2.75) is 58.6 Å². The zero-order valence-electron chi connectivity index (χ0n) is 14.1. The lowest BCUT2D eigenvalue weighted by Crippen LogP contribution is -2.47. The van der Waals surface area contributed by atoms with Crippen molar-refractivity contribution in [2.75, 3.05) is 11.9 Å². The van der Waals surface area contributed by atoms with Gasteiger partial charge in [0.2, 0.25) is 0 Å². The molecule has 1 aromatic heterocycles. The van der Waals surface area contributed by atoms with E-state index in [0.717, 1.165) is 32.0 Å². The first kappa shape index (κ1) is 19.0. The summed E-state index contributed by atoms with van der Waals surface area (Å²) in [6.07, 6.45) is 3.62. The maximum Gasteiger partial charge on any atom is 0.337 e. The maximum atomic E-state index is 11.9. The van der Waals surface area contributed by atoms with E-state index in [1.807, 2.05) is 18.5 Å². The average molecular weight is 326 g/mol. The van der Waals surface area contributed by atoms with Crippen LogP contribution in [0.3, 0.4) is 0 Å². The Morgan fingerprint density at radius 3 is 2.61 bits per heavy atom. The molecule has 0 aliphatic rings. The van der Waals surface area contributed by atoms with E-state index in [-0.39, 0.29) is 5.92 Å². The number of amides is 2. The number of aromatic nitrogens is 2. The van der Waals surface area contributed by atoms with Gasteiger partial charge in [0.25, 0.3) is 0 Å². The average Bonchev–Trinajstić information content (AvgIpc) is 2.85. The van der Waals surface area contributed by atoms with Crippen LogP contribution in [0.25, 0.3) is 0 Å². The standard InChI is InChI=1S/C15H26N4O4/c1-5-6-7-19-12(10(2)3)11(8-17-19)18-14(22)16-9-15(4,23)13(20)21/h8,10,23H,5-7,9H2,1-4H3,(H,20,21)(H2,16,18,22). The Bertz CT molecular complexity index is 552. The number of nitrogens with zero attached hydrogens (tertiary/aromatic N) is 2. The summed E-state index contributed by atoms with van der Waals surface area (Å²) in [5, 5.41) is 27.7. The first-order chi connectivity index (χ1) is 10.7. The van der Waals surface area contributed by atoms with E-state index in [9.17, 15) is 14.7 Å². The van der Waals surface area contributed by atoms with Gasteiger partial charge in [-0.15, -0.1) is 0 Å². The monoisotopic (exact) mass is 326 g/mol. The molecule has 8 heteroatoms. The number of carbonyl (C=O) groups excluding carboxylic acids is 1. The van der Waals surface area contributed by atoms with Crippen LogP contribution in [0.2, 0.25) is 0 Å². The lowest BCUT2D eigenvalue weighted by Gasteiger charge is -2.19. The van der Waals surface area contributed by atoms with E-state index >= 15 is 0 Å². The van der Waals surface area contributed by atoms with Crippen molar-refractivity contribution in [2.24, 2.45) is 0 Å². The molecule has 0 aliphatic heterocycles. The van der Waals surface area contributed by atoms with Crippen LogP contribution in [-0.2, 0) is 11.3 Å². The molecule has 4 N–H and O–H groups in total. The molecular weight excluding hydrogens is 300 g/mol. The highest BCUT2D eigenvalue weighted by Crippen LogP contribution is 2.24. The molecular formula is C15H26N4O4. The molecule has 1 atom stereocenters. The first-order valence-electron chi connectivity index (χ1n) is 7.75. The highest BCUT2D eigenvalue weighted by molar-refractivity contribution is 5.90. The number of carbonyl (C=O) groups is 2. The van der Waals surface area contributed by atoms with E-state index in [4.69, 9.17) is 5.11 Å². The summed E-state index contributed by atoms with van der Waals surface area (Å²) < 4.78 is 1.87. The second kappa shape index (κ2) is 7.96. The van der Waals surface area contributed by atoms with Crippen LogP contribution in [0, 0.1) is 0 Å². The third-order valence-corrected chi connectivity index (χ3v) is 3.45. The molecule has 0 spiro atoms. The van der Waals surface area contributed by atoms with Gasteiger partial charge in [-0.1, -0.05) is 27.2 Å². The Labute approximate surface area is 135 Å².